The van der Waals surface area contributed by atoms with Gasteiger partial charge >= 0.3 is 0 Å². The lowest BCUT2D eigenvalue weighted by molar-refractivity contribution is 0.366. The van der Waals surface area contributed by atoms with Crippen LogP contribution in [0.2, 0.25) is 0 Å². The van der Waals surface area contributed by atoms with E-state index < -0.39 is 0 Å². The van der Waals surface area contributed by atoms with Gasteiger partial charge in [0.25, 0.3) is 0 Å². The summed E-state index contributed by atoms with van der Waals surface area (Å²) in [4.78, 5) is 4.37. The molecule has 0 spiro atoms. The van der Waals surface area contributed by atoms with Crippen LogP contribution in [0.25, 0.3) is 11.4 Å². The number of hydrogen-bond acceptors (Lipinski definition) is 5. The fraction of sp³-hybridized carbons (Fsp3) is 0.154. The molecular weight excluding hydrogens is 322 g/mol. The van der Waals surface area contributed by atoms with Crippen LogP contribution in [0.5, 0.6) is 0 Å². The van der Waals surface area contributed by atoms with Crippen LogP contribution in [0.15, 0.2) is 39.6 Å². The Morgan fingerprint density at radius 1 is 1.40 bits per heavy atom. The maximum atomic E-state index is 5.61. The molecule has 0 aliphatic heterocycles. The van der Waals surface area contributed by atoms with Crippen LogP contribution < -0.4 is 5.73 Å². The minimum atomic E-state index is 0.397. The number of nitrogens with two attached hydrogens (primary N) is 1. The molecule has 2 heterocycles. The SMILES string of the molecule is Cc1ccc(-c2noc(Cn3cc(N)cn3)n2)c(Br)c1. The van der Waals surface area contributed by atoms with E-state index in [0.29, 0.717) is 23.9 Å². The first kappa shape index (κ1) is 12.9. The Morgan fingerprint density at radius 2 is 2.25 bits per heavy atom. The Balaban J connectivity index is 1.86. The summed E-state index contributed by atoms with van der Waals surface area (Å²) >= 11 is 3.51. The number of nitrogens with zero attached hydrogens (tertiary/aromatic N) is 4. The molecule has 7 heteroatoms. The third-order valence-electron chi connectivity index (χ3n) is 2.78. The van der Waals surface area contributed by atoms with Gasteiger partial charge in [-0.15, -0.1) is 0 Å². The van der Waals surface area contributed by atoms with Crippen molar-refractivity contribution in [2.75, 3.05) is 5.73 Å². The molecule has 0 radical (unpaired) electrons. The lowest BCUT2D eigenvalue weighted by atomic mass is 10.1. The number of anilines is 1. The van der Waals surface area contributed by atoms with Gasteiger partial charge in [-0.3, -0.25) is 4.68 Å². The summed E-state index contributed by atoms with van der Waals surface area (Å²) in [6.45, 7) is 2.42. The van der Waals surface area contributed by atoms with Crippen molar-refractivity contribution >= 4 is 21.6 Å². The predicted molar refractivity (Wildman–Crippen MR) is 77.9 cm³/mol. The van der Waals surface area contributed by atoms with Crippen molar-refractivity contribution in [3.05, 3.63) is 46.5 Å². The number of aromatic nitrogens is 4. The number of benzene rings is 1. The molecule has 0 fully saturated rings. The van der Waals surface area contributed by atoms with E-state index in [1.165, 1.54) is 0 Å². The average molecular weight is 334 g/mol. The fourth-order valence-electron chi connectivity index (χ4n) is 1.83. The van der Waals surface area contributed by atoms with Crippen LogP contribution in [-0.2, 0) is 6.54 Å². The second-order valence-electron chi connectivity index (χ2n) is 4.47. The van der Waals surface area contributed by atoms with Gasteiger partial charge in [0.1, 0.15) is 6.54 Å². The molecule has 0 amide bonds. The van der Waals surface area contributed by atoms with E-state index in [0.717, 1.165) is 15.6 Å². The van der Waals surface area contributed by atoms with E-state index in [1.807, 2.05) is 25.1 Å². The summed E-state index contributed by atoms with van der Waals surface area (Å²) in [5.74, 6) is 1.03. The zero-order valence-corrected chi connectivity index (χ0v) is 12.3. The van der Waals surface area contributed by atoms with Gasteiger partial charge in [0.2, 0.25) is 11.7 Å². The lowest BCUT2D eigenvalue weighted by Crippen LogP contribution is -2.00. The zero-order valence-electron chi connectivity index (χ0n) is 10.7. The highest BCUT2D eigenvalue weighted by atomic mass is 79.9. The van der Waals surface area contributed by atoms with E-state index in [2.05, 4.69) is 31.2 Å². The molecule has 20 heavy (non-hydrogen) atoms. The Bertz CT molecular complexity index is 749. The third-order valence-corrected chi connectivity index (χ3v) is 3.44. The van der Waals surface area contributed by atoms with Gasteiger partial charge in [-0.25, -0.2) is 0 Å². The molecule has 0 saturated heterocycles. The summed E-state index contributed by atoms with van der Waals surface area (Å²) in [7, 11) is 0. The molecule has 0 atom stereocenters. The third kappa shape index (κ3) is 2.57. The number of nitrogen functional groups attached to an aromatic ring is 1. The van der Waals surface area contributed by atoms with Crippen LogP contribution in [-0.4, -0.2) is 19.9 Å². The van der Waals surface area contributed by atoms with Crippen molar-refractivity contribution in [2.24, 2.45) is 0 Å². The normalized spacial score (nSPS) is 10.9. The summed E-state index contributed by atoms with van der Waals surface area (Å²) < 4.78 is 7.82. The van der Waals surface area contributed by atoms with Crippen molar-refractivity contribution in [1.82, 2.24) is 19.9 Å². The average Bonchev–Trinajstić information content (AvgIpc) is 2.99. The highest BCUT2D eigenvalue weighted by Gasteiger charge is 2.12. The van der Waals surface area contributed by atoms with E-state index >= 15 is 0 Å². The van der Waals surface area contributed by atoms with Crippen molar-refractivity contribution < 1.29 is 4.52 Å². The molecule has 2 N–H and O–H groups in total. The monoisotopic (exact) mass is 333 g/mol. The first-order valence-electron chi connectivity index (χ1n) is 5.99. The molecule has 0 bridgehead atoms. The Morgan fingerprint density at radius 3 is 2.95 bits per heavy atom. The quantitative estimate of drug-likeness (QED) is 0.796. The number of rotatable bonds is 3. The lowest BCUT2D eigenvalue weighted by Gasteiger charge is -1.99. The van der Waals surface area contributed by atoms with Crippen molar-refractivity contribution in [3.63, 3.8) is 0 Å². The molecular formula is C13H12BrN5O. The topological polar surface area (TPSA) is 82.8 Å². The fourth-order valence-corrected chi connectivity index (χ4v) is 2.51. The van der Waals surface area contributed by atoms with Gasteiger partial charge in [-0.2, -0.15) is 10.1 Å². The molecule has 3 rings (SSSR count). The summed E-state index contributed by atoms with van der Waals surface area (Å²) in [6.07, 6.45) is 3.29. The largest absolute Gasteiger partial charge is 0.396 e. The second kappa shape index (κ2) is 5.09. The first-order valence-corrected chi connectivity index (χ1v) is 6.78. The van der Waals surface area contributed by atoms with E-state index in [-0.39, 0.29) is 0 Å². The number of hydrogen-bond donors (Lipinski definition) is 1. The molecule has 0 aliphatic rings. The molecule has 1 aromatic carbocycles. The molecule has 6 nitrogen and oxygen atoms in total. The highest BCUT2D eigenvalue weighted by Crippen LogP contribution is 2.26. The van der Waals surface area contributed by atoms with Gasteiger partial charge in [0, 0.05) is 16.2 Å². The molecule has 0 saturated carbocycles. The van der Waals surface area contributed by atoms with Gasteiger partial charge in [0.05, 0.1) is 11.9 Å². The van der Waals surface area contributed by atoms with Crippen molar-refractivity contribution in [2.45, 2.75) is 13.5 Å². The van der Waals surface area contributed by atoms with Crippen LogP contribution in [0.3, 0.4) is 0 Å². The van der Waals surface area contributed by atoms with Crippen molar-refractivity contribution in [1.29, 1.82) is 0 Å². The predicted octanol–water partition coefficient (Wildman–Crippen LogP) is 2.63. The van der Waals surface area contributed by atoms with E-state index in [4.69, 9.17) is 10.3 Å². The smallest absolute Gasteiger partial charge is 0.248 e. The van der Waals surface area contributed by atoms with Gasteiger partial charge < -0.3 is 10.3 Å². The van der Waals surface area contributed by atoms with Gasteiger partial charge in [-0.1, -0.05) is 27.2 Å². The Hall–Kier alpha value is -2.15. The number of aryl methyl sites for hydroxylation is 1. The Kier molecular flexibility index (Phi) is 3.27. The maximum absolute atomic E-state index is 5.61. The number of halogens is 1. The zero-order chi connectivity index (χ0) is 14.1. The van der Waals surface area contributed by atoms with E-state index in [1.54, 1.807) is 17.1 Å². The second-order valence-corrected chi connectivity index (χ2v) is 5.32. The molecule has 0 aliphatic carbocycles. The maximum Gasteiger partial charge on any atom is 0.248 e. The van der Waals surface area contributed by atoms with Crippen molar-refractivity contribution in [3.8, 4) is 11.4 Å². The van der Waals surface area contributed by atoms with Gasteiger partial charge in [0.15, 0.2) is 0 Å². The standard InChI is InChI=1S/C13H12BrN5O/c1-8-2-3-10(11(14)4-8)13-17-12(20-18-13)7-19-6-9(15)5-16-19/h2-6H,7,15H2,1H3. The van der Waals surface area contributed by atoms with E-state index in [9.17, 15) is 0 Å². The summed E-state index contributed by atoms with van der Waals surface area (Å²) in [6, 6.07) is 5.98. The molecule has 2 aromatic heterocycles. The van der Waals surface area contributed by atoms with Crippen LogP contribution in [0.1, 0.15) is 11.5 Å². The Labute approximate surface area is 123 Å². The highest BCUT2D eigenvalue weighted by molar-refractivity contribution is 9.10. The van der Waals surface area contributed by atoms with Crippen LogP contribution >= 0.6 is 15.9 Å². The molecule has 3 aromatic rings. The van der Waals surface area contributed by atoms with Crippen LogP contribution in [0, 0.1) is 6.92 Å². The summed E-state index contributed by atoms with van der Waals surface area (Å²) in [5.41, 5.74) is 8.27. The summed E-state index contributed by atoms with van der Waals surface area (Å²) in [5, 5.41) is 8.07. The molecule has 0 unspecified atom stereocenters. The first-order chi connectivity index (χ1) is 9.61. The van der Waals surface area contributed by atoms with Gasteiger partial charge in [-0.05, 0) is 24.6 Å². The van der Waals surface area contributed by atoms with Crippen LogP contribution in [0.4, 0.5) is 5.69 Å². The minimum Gasteiger partial charge on any atom is -0.396 e. The molecule has 102 valence electrons. The minimum absolute atomic E-state index is 0.397.